The Morgan fingerprint density at radius 2 is 2.08 bits per heavy atom. The molecule has 0 N–H and O–H groups in total. The zero-order chi connectivity index (χ0) is 9.41. The minimum absolute atomic E-state index is 0.549. The highest BCUT2D eigenvalue weighted by Gasteiger charge is 2.42. The van der Waals surface area contributed by atoms with E-state index in [4.69, 9.17) is 46.4 Å². The third-order valence-electron chi connectivity index (χ3n) is 1.83. The molecule has 0 fully saturated rings. The van der Waals surface area contributed by atoms with E-state index in [2.05, 4.69) is 0 Å². The minimum atomic E-state index is -0.987. The predicted molar refractivity (Wildman–Crippen MR) is 56.4 cm³/mol. The fraction of sp³-hybridized carbons (Fsp3) is 0.500. The van der Waals surface area contributed by atoms with Crippen LogP contribution in [0.25, 0.3) is 0 Å². The molecule has 0 nitrogen and oxygen atoms in total. The van der Waals surface area contributed by atoms with Crippen molar-refractivity contribution >= 4 is 46.4 Å². The molecular weight excluding hydrogens is 238 g/mol. The first kappa shape index (κ1) is 10.7. The summed E-state index contributed by atoms with van der Waals surface area (Å²) >= 11 is 23.7. The summed E-state index contributed by atoms with van der Waals surface area (Å²) in [6, 6.07) is 0. The molecule has 0 spiro atoms. The topological polar surface area (TPSA) is 0 Å². The first-order valence-electron chi connectivity index (χ1n) is 3.47. The van der Waals surface area contributed by atoms with Gasteiger partial charge in [0, 0.05) is 5.03 Å². The lowest BCUT2D eigenvalue weighted by Crippen LogP contribution is -2.37. The van der Waals surface area contributed by atoms with Crippen molar-refractivity contribution in [2.24, 2.45) is 0 Å². The molecule has 1 aliphatic rings. The van der Waals surface area contributed by atoms with Gasteiger partial charge in [0.1, 0.15) is 4.33 Å². The Balaban J connectivity index is 2.86. The van der Waals surface area contributed by atoms with Crippen LogP contribution in [0.4, 0.5) is 0 Å². The third kappa shape index (κ3) is 2.11. The SMILES string of the molecule is CC(Cl)(Cl)C1(Cl)C=CC(Cl)=CC1. The highest BCUT2D eigenvalue weighted by Crippen LogP contribution is 2.44. The molecule has 0 aromatic carbocycles. The zero-order valence-corrected chi connectivity index (χ0v) is 9.47. The van der Waals surface area contributed by atoms with Crippen LogP contribution in [-0.2, 0) is 0 Å². The molecule has 0 radical (unpaired) electrons. The Kier molecular flexibility index (Phi) is 3.05. The van der Waals surface area contributed by atoms with Crippen LogP contribution in [0.15, 0.2) is 23.3 Å². The summed E-state index contributed by atoms with van der Waals surface area (Å²) in [5.74, 6) is 0. The maximum Gasteiger partial charge on any atom is 0.138 e. The van der Waals surface area contributed by atoms with Crippen LogP contribution in [-0.4, -0.2) is 9.21 Å². The molecular formula is C8H8Cl4. The van der Waals surface area contributed by atoms with Crippen LogP contribution >= 0.6 is 46.4 Å². The summed E-state index contributed by atoms with van der Waals surface area (Å²) in [5.41, 5.74) is 0. The zero-order valence-electron chi connectivity index (χ0n) is 6.45. The van der Waals surface area contributed by atoms with Gasteiger partial charge in [0.05, 0.1) is 4.87 Å². The lowest BCUT2D eigenvalue weighted by atomic mass is 9.96. The van der Waals surface area contributed by atoms with Gasteiger partial charge < -0.3 is 0 Å². The van der Waals surface area contributed by atoms with Gasteiger partial charge in [-0.3, -0.25) is 0 Å². The highest BCUT2D eigenvalue weighted by molar-refractivity contribution is 6.53. The summed E-state index contributed by atoms with van der Waals surface area (Å²) in [7, 11) is 0. The van der Waals surface area contributed by atoms with Crippen LogP contribution in [0, 0.1) is 0 Å². The summed E-state index contributed by atoms with van der Waals surface area (Å²) in [6.45, 7) is 1.67. The van der Waals surface area contributed by atoms with Crippen molar-refractivity contribution in [2.45, 2.75) is 22.6 Å². The molecule has 1 atom stereocenters. The molecule has 0 aromatic rings. The maximum absolute atomic E-state index is 6.16. The fourth-order valence-electron chi connectivity index (χ4n) is 0.919. The Morgan fingerprint density at radius 3 is 2.42 bits per heavy atom. The van der Waals surface area contributed by atoms with E-state index in [1.54, 1.807) is 25.2 Å². The monoisotopic (exact) mass is 244 g/mol. The first-order valence-corrected chi connectivity index (χ1v) is 4.98. The van der Waals surface area contributed by atoms with Gasteiger partial charge in [0.2, 0.25) is 0 Å². The number of hydrogen-bond donors (Lipinski definition) is 0. The second-order valence-electron chi connectivity index (χ2n) is 2.88. The smallest absolute Gasteiger partial charge is 0.111 e. The van der Waals surface area contributed by atoms with E-state index in [1.165, 1.54) is 0 Å². The van der Waals surface area contributed by atoms with Crippen LogP contribution in [0.3, 0.4) is 0 Å². The average Bonchev–Trinajstić information content (AvgIpc) is 1.93. The summed E-state index contributed by atoms with van der Waals surface area (Å²) in [6.07, 6.45) is 5.79. The number of rotatable bonds is 1. The highest BCUT2D eigenvalue weighted by atomic mass is 35.5. The largest absolute Gasteiger partial charge is 0.138 e. The van der Waals surface area contributed by atoms with Crippen LogP contribution in [0.1, 0.15) is 13.3 Å². The van der Waals surface area contributed by atoms with Crippen molar-refractivity contribution in [2.75, 3.05) is 0 Å². The molecule has 0 saturated carbocycles. The Labute approximate surface area is 92.1 Å². The molecule has 4 heteroatoms. The van der Waals surface area contributed by atoms with E-state index in [0.29, 0.717) is 11.5 Å². The fourth-order valence-corrected chi connectivity index (χ4v) is 1.48. The van der Waals surface area contributed by atoms with E-state index in [-0.39, 0.29) is 0 Å². The van der Waals surface area contributed by atoms with Crippen molar-refractivity contribution < 1.29 is 0 Å². The van der Waals surface area contributed by atoms with Crippen LogP contribution in [0.2, 0.25) is 0 Å². The summed E-state index contributed by atoms with van der Waals surface area (Å²) in [5, 5.41) is 0.670. The summed E-state index contributed by atoms with van der Waals surface area (Å²) < 4.78 is -0.987. The predicted octanol–water partition coefficient (Wildman–Crippen LogP) is 4.24. The van der Waals surface area contributed by atoms with Crippen LogP contribution in [0.5, 0.6) is 0 Å². The number of allylic oxidation sites excluding steroid dienone is 4. The number of halogens is 4. The molecule has 12 heavy (non-hydrogen) atoms. The molecule has 0 heterocycles. The molecule has 1 aliphatic carbocycles. The first-order chi connectivity index (χ1) is 5.35. The molecule has 1 unspecified atom stereocenters. The van der Waals surface area contributed by atoms with E-state index < -0.39 is 9.21 Å². The second kappa shape index (κ2) is 3.42. The van der Waals surface area contributed by atoms with Gasteiger partial charge in [-0.1, -0.05) is 47.0 Å². The lowest BCUT2D eigenvalue weighted by Gasteiger charge is -2.33. The lowest BCUT2D eigenvalue weighted by molar-refractivity contribution is 0.635. The molecule has 0 amide bonds. The number of alkyl halides is 3. The molecule has 0 saturated heterocycles. The molecule has 0 aromatic heterocycles. The van der Waals surface area contributed by atoms with Crippen LogP contribution < -0.4 is 0 Å². The van der Waals surface area contributed by atoms with Gasteiger partial charge in [-0.15, -0.1) is 11.6 Å². The van der Waals surface area contributed by atoms with E-state index >= 15 is 0 Å². The van der Waals surface area contributed by atoms with Gasteiger partial charge in [0.25, 0.3) is 0 Å². The molecule has 0 aliphatic heterocycles. The molecule has 68 valence electrons. The van der Waals surface area contributed by atoms with Crippen molar-refractivity contribution in [1.82, 2.24) is 0 Å². The second-order valence-corrected chi connectivity index (χ2v) is 5.69. The van der Waals surface area contributed by atoms with Crippen molar-refractivity contribution in [3.8, 4) is 0 Å². The molecule has 1 rings (SSSR count). The van der Waals surface area contributed by atoms with Crippen molar-refractivity contribution in [1.29, 1.82) is 0 Å². The maximum atomic E-state index is 6.16. The standard InChI is InChI=1S/C8H8Cl4/c1-7(10,11)8(12)4-2-6(9)3-5-8/h2-4H,5H2,1H3. The van der Waals surface area contributed by atoms with Gasteiger partial charge in [-0.25, -0.2) is 0 Å². The van der Waals surface area contributed by atoms with Crippen molar-refractivity contribution in [3.63, 3.8) is 0 Å². The quantitative estimate of drug-likeness (QED) is 0.607. The Bertz CT molecular complexity index is 236. The van der Waals surface area contributed by atoms with Crippen molar-refractivity contribution in [3.05, 3.63) is 23.3 Å². The van der Waals surface area contributed by atoms with Gasteiger partial charge in [-0.2, -0.15) is 0 Å². The van der Waals surface area contributed by atoms with Gasteiger partial charge in [-0.05, 0) is 19.4 Å². The third-order valence-corrected chi connectivity index (χ3v) is 3.64. The van der Waals surface area contributed by atoms with E-state index in [1.807, 2.05) is 0 Å². The average molecular weight is 246 g/mol. The molecule has 0 bridgehead atoms. The van der Waals surface area contributed by atoms with Gasteiger partial charge in [0.15, 0.2) is 0 Å². The minimum Gasteiger partial charge on any atom is -0.111 e. The van der Waals surface area contributed by atoms with E-state index in [0.717, 1.165) is 0 Å². The normalized spacial score (nSPS) is 30.2. The van der Waals surface area contributed by atoms with E-state index in [9.17, 15) is 0 Å². The Morgan fingerprint density at radius 1 is 1.50 bits per heavy atom. The Hall–Kier alpha value is 0.640. The van der Waals surface area contributed by atoms with Gasteiger partial charge >= 0.3 is 0 Å². The number of hydrogen-bond acceptors (Lipinski definition) is 0. The summed E-state index contributed by atoms with van der Waals surface area (Å²) in [4.78, 5) is -0.742.